The number of benzene rings is 1. The molecular formula is C18H23N5O3S. The number of thioether (sulfide) groups is 1. The fraction of sp³-hybridized carbons (Fsp3) is 0.444. The number of aryl methyl sites for hydroxylation is 1. The molecule has 8 nitrogen and oxygen atoms in total. The van der Waals surface area contributed by atoms with E-state index in [-0.39, 0.29) is 29.7 Å². The molecule has 27 heavy (non-hydrogen) atoms. The monoisotopic (exact) mass is 389 g/mol. The molecule has 2 N–H and O–H groups in total. The van der Waals surface area contributed by atoms with E-state index in [2.05, 4.69) is 20.8 Å². The Bertz CT molecular complexity index is 804. The SMILES string of the molecule is CC(NC(=O)c1cccc(NC(=O)CSc2nncn2C)c1)C1CCCO1. The van der Waals surface area contributed by atoms with Gasteiger partial charge < -0.3 is 19.9 Å². The predicted molar refractivity (Wildman–Crippen MR) is 103 cm³/mol. The average Bonchev–Trinajstić information content (AvgIpc) is 3.32. The molecule has 0 radical (unpaired) electrons. The van der Waals surface area contributed by atoms with Crippen LogP contribution in [0.5, 0.6) is 0 Å². The van der Waals surface area contributed by atoms with Crippen LogP contribution in [-0.2, 0) is 16.6 Å². The zero-order valence-electron chi connectivity index (χ0n) is 15.3. The molecule has 1 aromatic carbocycles. The minimum atomic E-state index is -0.178. The Balaban J connectivity index is 1.53. The summed E-state index contributed by atoms with van der Waals surface area (Å²) in [4.78, 5) is 24.6. The summed E-state index contributed by atoms with van der Waals surface area (Å²) in [5.74, 6) is -0.144. The normalized spacial score (nSPS) is 17.5. The highest BCUT2D eigenvalue weighted by atomic mass is 32.2. The van der Waals surface area contributed by atoms with Crippen LogP contribution in [0.25, 0.3) is 0 Å². The van der Waals surface area contributed by atoms with Crippen LogP contribution in [0.1, 0.15) is 30.1 Å². The van der Waals surface area contributed by atoms with E-state index >= 15 is 0 Å². The van der Waals surface area contributed by atoms with Crippen molar-refractivity contribution in [1.82, 2.24) is 20.1 Å². The summed E-state index contributed by atoms with van der Waals surface area (Å²) >= 11 is 1.30. The van der Waals surface area contributed by atoms with Crippen molar-refractivity contribution in [3.8, 4) is 0 Å². The number of hydrogen-bond donors (Lipinski definition) is 2. The van der Waals surface area contributed by atoms with Crippen LogP contribution < -0.4 is 10.6 Å². The third-order valence-corrected chi connectivity index (χ3v) is 5.33. The summed E-state index contributed by atoms with van der Waals surface area (Å²) in [6, 6.07) is 6.84. The summed E-state index contributed by atoms with van der Waals surface area (Å²) in [6.07, 6.45) is 3.63. The van der Waals surface area contributed by atoms with Gasteiger partial charge in [0.1, 0.15) is 6.33 Å². The second kappa shape index (κ2) is 9.01. The van der Waals surface area contributed by atoms with Gasteiger partial charge in [-0.2, -0.15) is 0 Å². The van der Waals surface area contributed by atoms with Crippen LogP contribution in [0, 0.1) is 0 Å². The number of amides is 2. The molecule has 3 rings (SSSR count). The van der Waals surface area contributed by atoms with E-state index in [1.807, 2.05) is 14.0 Å². The van der Waals surface area contributed by atoms with Gasteiger partial charge in [0.2, 0.25) is 5.91 Å². The fourth-order valence-electron chi connectivity index (χ4n) is 2.85. The standard InChI is InChI=1S/C18H23N5O3S/c1-12(15-7-4-8-26-15)20-17(25)13-5-3-6-14(9-13)21-16(24)10-27-18-22-19-11-23(18)2/h3,5-6,9,11-12,15H,4,7-8,10H2,1-2H3,(H,20,25)(H,21,24). The number of hydrogen-bond acceptors (Lipinski definition) is 6. The van der Waals surface area contributed by atoms with E-state index in [1.54, 1.807) is 35.2 Å². The number of carbonyl (C=O) groups is 2. The van der Waals surface area contributed by atoms with Gasteiger partial charge in [0.15, 0.2) is 5.16 Å². The Hall–Kier alpha value is -2.39. The Kier molecular flexibility index (Phi) is 6.46. The van der Waals surface area contributed by atoms with Crippen LogP contribution in [0.2, 0.25) is 0 Å². The molecule has 2 aromatic rings. The van der Waals surface area contributed by atoms with Gasteiger partial charge in [-0.1, -0.05) is 17.8 Å². The predicted octanol–water partition coefficient (Wildman–Crippen LogP) is 1.84. The van der Waals surface area contributed by atoms with Gasteiger partial charge in [0, 0.05) is 24.9 Å². The van der Waals surface area contributed by atoms with Crippen molar-refractivity contribution in [3.05, 3.63) is 36.2 Å². The minimum Gasteiger partial charge on any atom is -0.376 e. The van der Waals surface area contributed by atoms with Crippen molar-refractivity contribution < 1.29 is 14.3 Å². The molecule has 1 aliphatic heterocycles. The highest BCUT2D eigenvalue weighted by Crippen LogP contribution is 2.17. The van der Waals surface area contributed by atoms with E-state index in [1.165, 1.54) is 11.8 Å². The third-order valence-electron chi connectivity index (χ3n) is 4.29. The van der Waals surface area contributed by atoms with Crippen molar-refractivity contribution in [2.75, 3.05) is 17.7 Å². The molecule has 2 heterocycles. The van der Waals surface area contributed by atoms with E-state index in [4.69, 9.17) is 4.74 Å². The Labute approximate surface area is 162 Å². The first-order valence-electron chi connectivity index (χ1n) is 8.82. The lowest BCUT2D eigenvalue weighted by Gasteiger charge is -2.20. The molecule has 1 saturated heterocycles. The van der Waals surface area contributed by atoms with E-state index < -0.39 is 0 Å². The fourth-order valence-corrected chi connectivity index (χ4v) is 3.54. The molecule has 1 fully saturated rings. The molecule has 0 spiro atoms. The third kappa shape index (κ3) is 5.30. The highest BCUT2D eigenvalue weighted by Gasteiger charge is 2.24. The Morgan fingerprint density at radius 1 is 1.44 bits per heavy atom. The Morgan fingerprint density at radius 3 is 3.00 bits per heavy atom. The molecule has 1 aromatic heterocycles. The van der Waals surface area contributed by atoms with Crippen LogP contribution in [0.4, 0.5) is 5.69 Å². The molecule has 1 aliphatic rings. The van der Waals surface area contributed by atoms with Crippen molar-refractivity contribution in [2.45, 2.75) is 37.1 Å². The minimum absolute atomic E-state index is 0.0546. The first-order chi connectivity index (χ1) is 13.0. The van der Waals surface area contributed by atoms with Gasteiger partial charge >= 0.3 is 0 Å². The number of rotatable bonds is 7. The smallest absolute Gasteiger partial charge is 0.251 e. The highest BCUT2D eigenvalue weighted by molar-refractivity contribution is 7.99. The maximum Gasteiger partial charge on any atom is 0.251 e. The molecule has 0 saturated carbocycles. The second-order valence-corrected chi connectivity index (χ2v) is 7.40. The number of anilines is 1. The van der Waals surface area contributed by atoms with E-state index in [0.29, 0.717) is 16.4 Å². The molecule has 2 amide bonds. The molecule has 2 unspecified atom stereocenters. The maximum atomic E-state index is 12.5. The summed E-state index contributed by atoms with van der Waals surface area (Å²) in [7, 11) is 1.82. The quantitative estimate of drug-likeness (QED) is 0.701. The van der Waals surface area contributed by atoms with Crippen LogP contribution >= 0.6 is 11.8 Å². The lowest BCUT2D eigenvalue weighted by atomic mass is 10.1. The molecule has 0 bridgehead atoms. The van der Waals surface area contributed by atoms with Crippen LogP contribution in [-0.4, -0.2) is 51.1 Å². The van der Waals surface area contributed by atoms with Gasteiger partial charge in [0.25, 0.3) is 5.91 Å². The summed E-state index contributed by atoms with van der Waals surface area (Å²) < 4.78 is 7.36. The van der Waals surface area contributed by atoms with Crippen LogP contribution in [0.15, 0.2) is 35.7 Å². The van der Waals surface area contributed by atoms with Crippen molar-refractivity contribution in [1.29, 1.82) is 0 Å². The topological polar surface area (TPSA) is 98.1 Å². The van der Waals surface area contributed by atoms with Crippen molar-refractivity contribution in [3.63, 3.8) is 0 Å². The zero-order valence-corrected chi connectivity index (χ0v) is 16.2. The van der Waals surface area contributed by atoms with Crippen LogP contribution in [0.3, 0.4) is 0 Å². The van der Waals surface area contributed by atoms with Crippen molar-refractivity contribution in [2.24, 2.45) is 7.05 Å². The first kappa shape index (κ1) is 19.4. The number of nitrogens with one attached hydrogen (secondary N) is 2. The number of nitrogens with zero attached hydrogens (tertiary/aromatic N) is 3. The largest absolute Gasteiger partial charge is 0.376 e. The van der Waals surface area contributed by atoms with E-state index in [0.717, 1.165) is 19.4 Å². The average molecular weight is 389 g/mol. The number of aromatic nitrogens is 3. The van der Waals surface area contributed by atoms with Gasteiger partial charge in [-0.25, -0.2) is 0 Å². The second-order valence-electron chi connectivity index (χ2n) is 6.46. The molecule has 0 aliphatic carbocycles. The molecular weight excluding hydrogens is 366 g/mol. The molecule has 144 valence electrons. The lowest BCUT2D eigenvalue weighted by molar-refractivity contribution is -0.113. The van der Waals surface area contributed by atoms with Gasteiger partial charge in [0.05, 0.1) is 17.9 Å². The van der Waals surface area contributed by atoms with Gasteiger partial charge in [-0.05, 0) is 38.0 Å². The molecule has 9 heteroatoms. The Morgan fingerprint density at radius 2 is 2.30 bits per heavy atom. The maximum absolute atomic E-state index is 12.5. The van der Waals surface area contributed by atoms with Crippen molar-refractivity contribution >= 4 is 29.3 Å². The zero-order chi connectivity index (χ0) is 19.2. The van der Waals surface area contributed by atoms with Gasteiger partial charge in [-0.3, -0.25) is 9.59 Å². The summed E-state index contributed by atoms with van der Waals surface area (Å²) in [5, 5.41) is 14.1. The summed E-state index contributed by atoms with van der Waals surface area (Å²) in [5.41, 5.74) is 1.08. The number of ether oxygens (including phenoxy) is 1. The number of carbonyl (C=O) groups excluding carboxylic acids is 2. The van der Waals surface area contributed by atoms with E-state index in [9.17, 15) is 9.59 Å². The van der Waals surface area contributed by atoms with Gasteiger partial charge in [-0.15, -0.1) is 10.2 Å². The molecule has 2 atom stereocenters. The first-order valence-corrected chi connectivity index (χ1v) is 9.80. The lowest BCUT2D eigenvalue weighted by Crippen LogP contribution is -2.40. The summed E-state index contributed by atoms with van der Waals surface area (Å²) in [6.45, 7) is 2.70.